The third-order valence-corrected chi connectivity index (χ3v) is 3.56. The highest BCUT2D eigenvalue weighted by molar-refractivity contribution is 5.78. The summed E-state index contributed by atoms with van der Waals surface area (Å²) in [6.45, 7) is 4.45. The molecule has 4 nitrogen and oxygen atoms in total. The van der Waals surface area contributed by atoms with Gasteiger partial charge in [0.05, 0.1) is 19.7 Å². The first-order valence-corrected chi connectivity index (χ1v) is 7.27. The average molecular weight is 276 g/mol. The van der Waals surface area contributed by atoms with E-state index >= 15 is 0 Å². The van der Waals surface area contributed by atoms with E-state index in [9.17, 15) is 4.79 Å². The number of carbonyl (C=O) groups excluding carboxylic acids is 1. The number of carbonyl (C=O) groups is 1. The largest absolute Gasteiger partial charge is 0.497 e. The summed E-state index contributed by atoms with van der Waals surface area (Å²) in [5.74, 6) is 1.48. The quantitative estimate of drug-likeness (QED) is 0.803. The number of methoxy groups -OCH3 is 1. The second-order valence-corrected chi connectivity index (χ2v) is 5.69. The molecule has 0 spiro atoms. The van der Waals surface area contributed by atoms with Crippen LogP contribution < -0.4 is 15.4 Å². The summed E-state index contributed by atoms with van der Waals surface area (Å²) in [5.41, 5.74) is 1.16. The lowest BCUT2D eigenvalue weighted by atomic mass is 10.0. The molecule has 1 aliphatic rings. The van der Waals surface area contributed by atoms with E-state index in [4.69, 9.17) is 4.74 Å². The van der Waals surface area contributed by atoms with Crippen molar-refractivity contribution in [1.29, 1.82) is 0 Å². The molecule has 0 aliphatic heterocycles. The number of hydrogen-bond acceptors (Lipinski definition) is 3. The van der Waals surface area contributed by atoms with Crippen LogP contribution >= 0.6 is 0 Å². The fourth-order valence-electron chi connectivity index (χ4n) is 2.24. The van der Waals surface area contributed by atoms with Gasteiger partial charge < -0.3 is 15.4 Å². The molecule has 0 heterocycles. The summed E-state index contributed by atoms with van der Waals surface area (Å²) in [6, 6.07) is 8.42. The van der Waals surface area contributed by atoms with Crippen molar-refractivity contribution in [3.63, 3.8) is 0 Å². The molecule has 1 aromatic rings. The molecule has 1 unspecified atom stereocenters. The van der Waals surface area contributed by atoms with E-state index in [-0.39, 0.29) is 11.9 Å². The molecule has 0 aromatic heterocycles. The molecule has 1 fully saturated rings. The van der Waals surface area contributed by atoms with E-state index in [0.29, 0.717) is 18.5 Å². The smallest absolute Gasteiger partial charge is 0.234 e. The first-order valence-electron chi connectivity index (χ1n) is 7.27. The maximum Gasteiger partial charge on any atom is 0.234 e. The molecule has 1 aromatic carbocycles. The number of ether oxygens (including phenoxy) is 1. The molecule has 4 heteroatoms. The monoisotopic (exact) mass is 276 g/mol. The van der Waals surface area contributed by atoms with Crippen LogP contribution in [0.25, 0.3) is 0 Å². The predicted molar refractivity (Wildman–Crippen MR) is 79.7 cm³/mol. The lowest BCUT2D eigenvalue weighted by Gasteiger charge is -2.20. The van der Waals surface area contributed by atoms with Gasteiger partial charge in [0.15, 0.2) is 0 Å². The van der Waals surface area contributed by atoms with E-state index in [2.05, 4.69) is 10.6 Å². The minimum Gasteiger partial charge on any atom is -0.497 e. The molecule has 0 saturated heterocycles. The van der Waals surface area contributed by atoms with Crippen molar-refractivity contribution < 1.29 is 9.53 Å². The van der Waals surface area contributed by atoms with Crippen LogP contribution in [0.1, 0.15) is 38.3 Å². The van der Waals surface area contributed by atoms with E-state index in [1.165, 1.54) is 12.8 Å². The van der Waals surface area contributed by atoms with Gasteiger partial charge in [-0.3, -0.25) is 4.79 Å². The average Bonchev–Trinajstić information content (AvgIpc) is 3.27. The first kappa shape index (κ1) is 14.9. The molecule has 1 amide bonds. The summed E-state index contributed by atoms with van der Waals surface area (Å²) in [5, 5.41) is 6.29. The Hall–Kier alpha value is -1.55. The Labute approximate surface area is 120 Å². The number of nitrogens with one attached hydrogen (secondary N) is 2. The summed E-state index contributed by atoms with van der Waals surface area (Å²) >= 11 is 0. The summed E-state index contributed by atoms with van der Waals surface area (Å²) in [4.78, 5) is 12.0. The van der Waals surface area contributed by atoms with Crippen LogP contribution in [0.15, 0.2) is 24.3 Å². The van der Waals surface area contributed by atoms with Crippen molar-refractivity contribution in [3.05, 3.63) is 29.8 Å². The van der Waals surface area contributed by atoms with Gasteiger partial charge in [-0.25, -0.2) is 0 Å². The Bertz CT molecular complexity index is 438. The number of amides is 1. The molecule has 2 N–H and O–H groups in total. The van der Waals surface area contributed by atoms with Gasteiger partial charge in [-0.05, 0) is 36.5 Å². The third-order valence-electron chi connectivity index (χ3n) is 3.56. The molecule has 1 saturated carbocycles. The zero-order chi connectivity index (χ0) is 14.5. The van der Waals surface area contributed by atoms with Gasteiger partial charge in [0.25, 0.3) is 0 Å². The zero-order valence-electron chi connectivity index (χ0n) is 12.5. The van der Waals surface area contributed by atoms with Crippen LogP contribution in [-0.2, 0) is 4.79 Å². The molecule has 110 valence electrons. The lowest BCUT2D eigenvalue weighted by molar-refractivity contribution is -0.121. The van der Waals surface area contributed by atoms with Crippen LogP contribution in [0.4, 0.5) is 0 Å². The van der Waals surface area contributed by atoms with Crippen molar-refractivity contribution in [2.24, 2.45) is 5.92 Å². The van der Waals surface area contributed by atoms with Gasteiger partial charge >= 0.3 is 0 Å². The molecule has 0 radical (unpaired) electrons. The van der Waals surface area contributed by atoms with Gasteiger partial charge in [-0.1, -0.05) is 26.0 Å². The molecule has 1 atom stereocenters. The number of hydrogen-bond donors (Lipinski definition) is 2. The van der Waals surface area contributed by atoms with Crippen molar-refractivity contribution in [2.75, 3.05) is 13.7 Å². The van der Waals surface area contributed by atoms with Crippen molar-refractivity contribution in [2.45, 2.75) is 38.8 Å². The fraction of sp³-hybridized carbons (Fsp3) is 0.562. The molecular formula is C16H24N2O2. The molecule has 2 rings (SSSR count). The number of benzene rings is 1. The Morgan fingerprint density at radius 1 is 1.30 bits per heavy atom. The predicted octanol–water partition coefficient (Wildman–Crippen LogP) is 2.26. The SMILES string of the molecule is COc1ccc(C(NC(=O)CNC(C)C)C2CC2)cc1. The fourth-order valence-corrected chi connectivity index (χ4v) is 2.24. The second-order valence-electron chi connectivity index (χ2n) is 5.69. The maximum absolute atomic E-state index is 12.0. The highest BCUT2D eigenvalue weighted by Gasteiger charge is 2.33. The summed E-state index contributed by atoms with van der Waals surface area (Å²) < 4.78 is 5.17. The van der Waals surface area contributed by atoms with Gasteiger partial charge in [0.2, 0.25) is 5.91 Å². The molecular weight excluding hydrogens is 252 g/mol. The minimum atomic E-state index is 0.0615. The highest BCUT2D eigenvalue weighted by atomic mass is 16.5. The second kappa shape index (κ2) is 6.75. The van der Waals surface area contributed by atoms with Gasteiger partial charge in [0, 0.05) is 6.04 Å². The molecule has 0 bridgehead atoms. The Kier molecular flexibility index (Phi) is 5.01. The molecule has 1 aliphatic carbocycles. The minimum absolute atomic E-state index is 0.0615. The van der Waals surface area contributed by atoms with Gasteiger partial charge in [-0.2, -0.15) is 0 Å². The van der Waals surface area contributed by atoms with Gasteiger partial charge in [0.1, 0.15) is 5.75 Å². The zero-order valence-corrected chi connectivity index (χ0v) is 12.5. The van der Waals surface area contributed by atoms with Gasteiger partial charge in [-0.15, -0.1) is 0 Å². The van der Waals surface area contributed by atoms with Crippen molar-refractivity contribution >= 4 is 5.91 Å². The Balaban J connectivity index is 1.97. The van der Waals surface area contributed by atoms with Crippen LogP contribution in [0, 0.1) is 5.92 Å². The third kappa shape index (κ3) is 4.23. The van der Waals surface area contributed by atoms with Crippen LogP contribution in [0.3, 0.4) is 0 Å². The van der Waals surface area contributed by atoms with Crippen LogP contribution in [0.5, 0.6) is 5.75 Å². The van der Waals surface area contributed by atoms with Crippen LogP contribution in [0.2, 0.25) is 0 Å². The summed E-state index contributed by atoms with van der Waals surface area (Å²) in [6.07, 6.45) is 2.38. The Morgan fingerprint density at radius 3 is 2.45 bits per heavy atom. The maximum atomic E-state index is 12.0. The van der Waals surface area contributed by atoms with E-state index in [1.54, 1.807) is 7.11 Å². The number of rotatable bonds is 7. The lowest BCUT2D eigenvalue weighted by Crippen LogP contribution is -2.39. The van der Waals surface area contributed by atoms with E-state index in [0.717, 1.165) is 11.3 Å². The standard InChI is InChI=1S/C16H24N2O2/c1-11(2)17-10-15(19)18-16(12-4-5-12)13-6-8-14(20-3)9-7-13/h6-9,11-12,16-17H,4-5,10H2,1-3H3,(H,18,19). The molecule has 20 heavy (non-hydrogen) atoms. The topological polar surface area (TPSA) is 50.4 Å². The highest BCUT2D eigenvalue weighted by Crippen LogP contribution is 2.41. The van der Waals surface area contributed by atoms with Crippen molar-refractivity contribution in [1.82, 2.24) is 10.6 Å². The summed E-state index contributed by atoms with van der Waals surface area (Å²) in [7, 11) is 1.66. The van der Waals surface area contributed by atoms with Crippen LogP contribution in [-0.4, -0.2) is 25.6 Å². The first-order chi connectivity index (χ1) is 9.60. The van der Waals surface area contributed by atoms with E-state index in [1.807, 2.05) is 38.1 Å². The van der Waals surface area contributed by atoms with Crippen molar-refractivity contribution in [3.8, 4) is 5.75 Å². The Morgan fingerprint density at radius 2 is 1.95 bits per heavy atom. The van der Waals surface area contributed by atoms with E-state index < -0.39 is 0 Å². The normalized spacial score (nSPS) is 16.0.